The third-order valence-corrected chi connectivity index (χ3v) is 3.97. The molecule has 15 heavy (non-hydrogen) atoms. The summed E-state index contributed by atoms with van der Waals surface area (Å²) in [5.41, 5.74) is 6.03. The van der Waals surface area contributed by atoms with E-state index in [4.69, 9.17) is 5.73 Å². The number of thioether (sulfide) groups is 1. The molecule has 0 radical (unpaired) electrons. The third kappa shape index (κ3) is 12.2. The van der Waals surface area contributed by atoms with E-state index >= 15 is 0 Å². The van der Waals surface area contributed by atoms with Gasteiger partial charge in [-0.3, -0.25) is 0 Å². The van der Waals surface area contributed by atoms with Gasteiger partial charge in [0.25, 0.3) is 0 Å². The van der Waals surface area contributed by atoms with E-state index in [1.807, 2.05) is 11.8 Å². The zero-order chi connectivity index (χ0) is 11.4. The van der Waals surface area contributed by atoms with Gasteiger partial charge in [0.15, 0.2) is 0 Å². The highest BCUT2D eigenvalue weighted by Crippen LogP contribution is 2.11. The molecule has 0 rings (SSSR count). The van der Waals surface area contributed by atoms with Crippen LogP contribution in [0.15, 0.2) is 0 Å². The van der Waals surface area contributed by atoms with Crippen LogP contribution in [0, 0.1) is 0 Å². The Morgan fingerprint density at radius 1 is 0.933 bits per heavy atom. The monoisotopic (exact) mass is 231 g/mol. The Morgan fingerprint density at radius 3 is 2.27 bits per heavy atom. The Morgan fingerprint density at radius 2 is 1.60 bits per heavy atom. The lowest BCUT2D eigenvalue weighted by atomic mass is 10.1. The van der Waals surface area contributed by atoms with Gasteiger partial charge in [-0.25, -0.2) is 0 Å². The number of hydrogen-bond acceptors (Lipinski definition) is 2. The van der Waals surface area contributed by atoms with Gasteiger partial charge in [-0.05, 0) is 18.6 Å². The summed E-state index contributed by atoms with van der Waals surface area (Å²) >= 11 is 2.01. The minimum atomic E-state index is 0.438. The van der Waals surface area contributed by atoms with Crippen molar-refractivity contribution in [1.29, 1.82) is 0 Å². The second-order valence-corrected chi connectivity index (χ2v) is 5.54. The Balaban J connectivity index is 3.06. The van der Waals surface area contributed by atoms with E-state index in [9.17, 15) is 0 Å². The third-order valence-electron chi connectivity index (χ3n) is 2.61. The van der Waals surface area contributed by atoms with Crippen molar-refractivity contribution in [2.75, 3.05) is 11.5 Å². The van der Waals surface area contributed by atoms with Gasteiger partial charge >= 0.3 is 0 Å². The molecule has 1 unspecified atom stereocenters. The van der Waals surface area contributed by atoms with Crippen molar-refractivity contribution in [1.82, 2.24) is 0 Å². The molecule has 92 valence electrons. The molecule has 0 amide bonds. The zero-order valence-corrected chi connectivity index (χ0v) is 11.5. The topological polar surface area (TPSA) is 26.0 Å². The lowest BCUT2D eigenvalue weighted by molar-refractivity contribution is 0.557. The van der Waals surface area contributed by atoms with Crippen molar-refractivity contribution in [3.63, 3.8) is 0 Å². The van der Waals surface area contributed by atoms with Gasteiger partial charge in [-0.2, -0.15) is 11.8 Å². The van der Waals surface area contributed by atoms with E-state index in [1.165, 1.54) is 57.1 Å². The Bertz CT molecular complexity index is 117. The normalized spacial score (nSPS) is 13.0. The molecule has 0 spiro atoms. The van der Waals surface area contributed by atoms with Crippen molar-refractivity contribution >= 4 is 11.8 Å². The highest BCUT2D eigenvalue weighted by molar-refractivity contribution is 7.99. The van der Waals surface area contributed by atoms with E-state index in [0.29, 0.717) is 6.04 Å². The van der Waals surface area contributed by atoms with Crippen LogP contribution in [0.2, 0.25) is 0 Å². The van der Waals surface area contributed by atoms with Gasteiger partial charge in [-0.1, -0.05) is 52.4 Å². The van der Waals surface area contributed by atoms with E-state index in [0.717, 1.165) is 5.75 Å². The summed E-state index contributed by atoms with van der Waals surface area (Å²) in [4.78, 5) is 0. The smallest absolute Gasteiger partial charge is 0.0130 e. The fraction of sp³-hybridized carbons (Fsp3) is 1.00. The fourth-order valence-electron chi connectivity index (χ4n) is 1.65. The van der Waals surface area contributed by atoms with E-state index in [-0.39, 0.29) is 0 Å². The highest BCUT2D eigenvalue weighted by atomic mass is 32.2. The molecule has 0 aromatic carbocycles. The van der Waals surface area contributed by atoms with Crippen LogP contribution >= 0.6 is 11.8 Å². The maximum Gasteiger partial charge on any atom is 0.0130 e. The van der Waals surface area contributed by atoms with Crippen molar-refractivity contribution in [2.24, 2.45) is 5.73 Å². The SMILES string of the molecule is CCCCCCCCC(N)CSCCC. The molecule has 0 aliphatic heterocycles. The Kier molecular flexibility index (Phi) is 12.6. The van der Waals surface area contributed by atoms with Gasteiger partial charge in [0.05, 0.1) is 0 Å². The van der Waals surface area contributed by atoms with Gasteiger partial charge in [-0.15, -0.1) is 0 Å². The minimum absolute atomic E-state index is 0.438. The standard InChI is InChI=1S/C13H29NS/c1-3-5-6-7-8-9-10-13(14)12-15-11-4-2/h13H,3-12,14H2,1-2H3. The number of unbranched alkanes of at least 4 members (excludes halogenated alkanes) is 5. The van der Waals surface area contributed by atoms with Crippen LogP contribution < -0.4 is 5.73 Å². The average molecular weight is 231 g/mol. The molecular weight excluding hydrogens is 202 g/mol. The molecule has 2 N–H and O–H groups in total. The molecule has 0 aliphatic carbocycles. The quantitative estimate of drug-likeness (QED) is 0.539. The van der Waals surface area contributed by atoms with Crippen LogP contribution in [0.25, 0.3) is 0 Å². The molecule has 1 nitrogen and oxygen atoms in total. The summed E-state index contributed by atoms with van der Waals surface area (Å²) in [6.07, 6.45) is 10.8. The molecule has 0 heterocycles. The summed E-state index contributed by atoms with van der Waals surface area (Å²) in [5, 5.41) is 0. The summed E-state index contributed by atoms with van der Waals surface area (Å²) in [6.45, 7) is 4.49. The largest absolute Gasteiger partial charge is 0.327 e. The van der Waals surface area contributed by atoms with Crippen molar-refractivity contribution < 1.29 is 0 Å². The summed E-state index contributed by atoms with van der Waals surface area (Å²) in [7, 11) is 0. The first kappa shape index (κ1) is 15.3. The van der Waals surface area contributed by atoms with Crippen molar-refractivity contribution in [2.45, 2.75) is 71.3 Å². The van der Waals surface area contributed by atoms with Crippen LogP contribution in [0.4, 0.5) is 0 Å². The van der Waals surface area contributed by atoms with Gasteiger partial charge < -0.3 is 5.73 Å². The van der Waals surface area contributed by atoms with E-state index in [2.05, 4.69) is 13.8 Å². The number of hydrogen-bond donors (Lipinski definition) is 1. The average Bonchev–Trinajstić information content (AvgIpc) is 2.23. The van der Waals surface area contributed by atoms with E-state index < -0.39 is 0 Å². The molecule has 0 saturated carbocycles. The van der Waals surface area contributed by atoms with Crippen molar-refractivity contribution in [3.05, 3.63) is 0 Å². The van der Waals surface area contributed by atoms with Gasteiger partial charge in [0.1, 0.15) is 0 Å². The molecule has 0 fully saturated rings. The zero-order valence-electron chi connectivity index (χ0n) is 10.6. The molecule has 2 heteroatoms. The number of nitrogens with two attached hydrogens (primary N) is 1. The molecular formula is C13H29NS. The predicted molar refractivity (Wildman–Crippen MR) is 73.6 cm³/mol. The van der Waals surface area contributed by atoms with Crippen LogP contribution in [0.3, 0.4) is 0 Å². The van der Waals surface area contributed by atoms with Crippen LogP contribution in [-0.2, 0) is 0 Å². The maximum absolute atomic E-state index is 6.03. The molecule has 0 aromatic heterocycles. The molecule has 0 saturated heterocycles. The lowest BCUT2D eigenvalue weighted by Gasteiger charge is -2.10. The van der Waals surface area contributed by atoms with Crippen LogP contribution in [0.5, 0.6) is 0 Å². The Labute approximate surface area is 101 Å². The first-order chi connectivity index (χ1) is 7.31. The molecule has 0 bridgehead atoms. The number of rotatable bonds is 11. The summed E-state index contributed by atoms with van der Waals surface area (Å²) in [5.74, 6) is 2.42. The fourth-order valence-corrected chi connectivity index (χ4v) is 2.57. The second kappa shape index (κ2) is 12.4. The first-order valence-corrected chi connectivity index (χ1v) is 7.80. The molecule has 0 aliphatic rings. The van der Waals surface area contributed by atoms with Crippen LogP contribution in [-0.4, -0.2) is 17.5 Å². The van der Waals surface area contributed by atoms with Gasteiger partial charge in [0.2, 0.25) is 0 Å². The minimum Gasteiger partial charge on any atom is -0.327 e. The molecule has 0 aromatic rings. The predicted octanol–water partition coefficient (Wildman–Crippen LogP) is 4.21. The lowest BCUT2D eigenvalue weighted by Crippen LogP contribution is -2.22. The summed E-state index contributed by atoms with van der Waals surface area (Å²) in [6, 6.07) is 0.438. The van der Waals surface area contributed by atoms with Crippen LogP contribution in [0.1, 0.15) is 65.2 Å². The van der Waals surface area contributed by atoms with Gasteiger partial charge in [0, 0.05) is 11.8 Å². The van der Waals surface area contributed by atoms with Crippen molar-refractivity contribution in [3.8, 4) is 0 Å². The highest BCUT2D eigenvalue weighted by Gasteiger charge is 2.01. The second-order valence-electron chi connectivity index (χ2n) is 4.39. The summed E-state index contributed by atoms with van der Waals surface area (Å²) < 4.78 is 0. The van der Waals surface area contributed by atoms with E-state index in [1.54, 1.807) is 0 Å². The molecule has 1 atom stereocenters. The maximum atomic E-state index is 6.03. The Hall–Kier alpha value is 0.310. The first-order valence-electron chi connectivity index (χ1n) is 6.64.